The van der Waals surface area contributed by atoms with Crippen LogP contribution in [-0.4, -0.2) is 32.3 Å². The number of nitrogens with two attached hydrogens (primary N) is 1. The van der Waals surface area contributed by atoms with Crippen molar-refractivity contribution in [3.63, 3.8) is 0 Å². The molecular weight excluding hydrogens is 200 g/mol. The summed E-state index contributed by atoms with van der Waals surface area (Å²) in [5, 5.41) is 0. The lowest BCUT2D eigenvalue weighted by atomic mass is 10.2. The summed E-state index contributed by atoms with van der Waals surface area (Å²) in [5.41, 5.74) is 8.11. The lowest BCUT2D eigenvalue weighted by Gasteiger charge is -2.20. The van der Waals surface area contributed by atoms with E-state index in [0.717, 1.165) is 19.5 Å². The fraction of sp³-hybridized carbons (Fsp3) is 0.538. The number of hydrogen-bond acceptors (Lipinski definition) is 3. The van der Waals surface area contributed by atoms with E-state index in [9.17, 15) is 0 Å². The number of aryl methyl sites for hydroxylation is 1. The summed E-state index contributed by atoms with van der Waals surface area (Å²) < 4.78 is 5.68. The van der Waals surface area contributed by atoms with E-state index in [1.165, 1.54) is 11.3 Å². The maximum atomic E-state index is 5.68. The fourth-order valence-corrected chi connectivity index (χ4v) is 2.24. The molecule has 1 aliphatic rings. The van der Waals surface area contributed by atoms with E-state index in [1.54, 1.807) is 0 Å². The molecule has 0 aliphatic carbocycles. The third-order valence-electron chi connectivity index (χ3n) is 3.07. The van der Waals surface area contributed by atoms with Crippen LogP contribution < -0.4 is 10.6 Å². The summed E-state index contributed by atoms with van der Waals surface area (Å²) in [6, 6.07) is 8.51. The van der Waals surface area contributed by atoms with E-state index < -0.39 is 0 Å². The second-order valence-corrected chi connectivity index (χ2v) is 4.30. The lowest BCUT2D eigenvalue weighted by Crippen LogP contribution is -2.24. The van der Waals surface area contributed by atoms with E-state index in [2.05, 4.69) is 36.1 Å². The van der Waals surface area contributed by atoms with Gasteiger partial charge in [-0.1, -0.05) is 18.2 Å². The predicted molar refractivity (Wildman–Crippen MR) is 66.8 cm³/mol. The highest BCUT2D eigenvalue weighted by Crippen LogP contribution is 2.24. The summed E-state index contributed by atoms with van der Waals surface area (Å²) in [4.78, 5) is 2.40. The minimum Gasteiger partial charge on any atom is -0.375 e. The smallest absolute Gasteiger partial charge is 0.0767 e. The van der Waals surface area contributed by atoms with E-state index in [4.69, 9.17) is 10.5 Å². The zero-order chi connectivity index (χ0) is 11.4. The van der Waals surface area contributed by atoms with Gasteiger partial charge in [-0.2, -0.15) is 0 Å². The summed E-state index contributed by atoms with van der Waals surface area (Å²) in [5.74, 6) is 0. The quantitative estimate of drug-likeness (QED) is 0.836. The van der Waals surface area contributed by atoms with Crippen LogP contribution in [0.5, 0.6) is 0 Å². The van der Waals surface area contributed by atoms with Crippen LogP contribution in [0.4, 0.5) is 5.69 Å². The zero-order valence-electron chi connectivity index (χ0n) is 9.86. The van der Waals surface area contributed by atoms with Gasteiger partial charge in [0.15, 0.2) is 0 Å². The van der Waals surface area contributed by atoms with Crippen molar-refractivity contribution in [2.24, 2.45) is 5.73 Å². The monoisotopic (exact) mass is 220 g/mol. The third-order valence-corrected chi connectivity index (χ3v) is 3.07. The summed E-state index contributed by atoms with van der Waals surface area (Å²) >= 11 is 0. The normalized spacial score (nSPS) is 20.4. The Kier molecular flexibility index (Phi) is 3.80. The molecule has 0 radical (unpaired) electrons. The molecule has 0 spiro atoms. The summed E-state index contributed by atoms with van der Waals surface area (Å²) in [6.45, 7) is 5.52. The molecule has 1 aliphatic heterocycles. The standard InChI is InChI=1S/C13H20N2O/c1-11-4-2-3-5-13(11)15-8-6-12(10-15)16-9-7-14/h2-5,12H,6-10,14H2,1H3/t12-/m1/s1. The Morgan fingerprint density at radius 2 is 2.25 bits per heavy atom. The predicted octanol–water partition coefficient (Wildman–Crippen LogP) is 1.55. The lowest BCUT2D eigenvalue weighted by molar-refractivity contribution is 0.0742. The Bertz CT molecular complexity index is 340. The van der Waals surface area contributed by atoms with Crippen molar-refractivity contribution in [2.75, 3.05) is 31.1 Å². The van der Waals surface area contributed by atoms with Crippen LogP contribution in [0.15, 0.2) is 24.3 Å². The fourth-order valence-electron chi connectivity index (χ4n) is 2.24. The molecule has 0 amide bonds. The van der Waals surface area contributed by atoms with Crippen molar-refractivity contribution < 1.29 is 4.74 Å². The van der Waals surface area contributed by atoms with Crippen LogP contribution in [0, 0.1) is 6.92 Å². The van der Waals surface area contributed by atoms with Gasteiger partial charge in [0.2, 0.25) is 0 Å². The molecule has 2 rings (SSSR count). The number of ether oxygens (including phenoxy) is 1. The van der Waals surface area contributed by atoms with Crippen molar-refractivity contribution in [1.29, 1.82) is 0 Å². The van der Waals surface area contributed by atoms with Gasteiger partial charge in [0.1, 0.15) is 0 Å². The molecule has 88 valence electrons. The van der Waals surface area contributed by atoms with Crippen molar-refractivity contribution in [3.8, 4) is 0 Å². The average molecular weight is 220 g/mol. The van der Waals surface area contributed by atoms with Gasteiger partial charge >= 0.3 is 0 Å². The minimum atomic E-state index is 0.350. The Balaban J connectivity index is 1.96. The van der Waals surface area contributed by atoms with Gasteiger partial charge in [0.25, 0.3) is 0 Å². The highest BCUT2D eigenvalue weighted by Gasteiger charge is 2.23. The molecule has 3 heteroatoms. The molecule has 2 N–H and O–H groups in total. The Morgan fingerprint density at radius 3 is 3.00 bits per heavy atom. The molecule has 0 unspecified atom stereocenters. The molecule has 1 heterocycles. The molecule has 1 atom stereocenters. The third kappa shape index (κ3) is 2.54. The van der Waals surface area contributed by atoms with E-state index in [-0.39, 0.29) is 0 Å². The molecule has 1 fully saturated rings. The first-order valence-electron chi connectivity index (χ1n) is 5.93. The second-order valence-electron chi connectivity index (χ2n) is 4.30. The highest BCUT2D eigenvalue weighted by molar-refractivity contribution is 5.53. The maximum absolute atomic E-state index is 5.68. The van der Waals surface area contributed by atoms with Gasteiger partial charge in [-0.05, 0) is 25.0 Å². The Morgan fingerprint density at radius 1 is 1.44 bits per heavy atom. The molecule has 16 heavy (non-hydrogen) atoms. The largest absolute Gasteiger partial charge is 0.375 e. The topological polar surface area (TPSA) is 38.5 Å². The minimum absolute atomic E-state index is 0.350. The second kappa shape index (κ2) is 5.32. The SMILES string of the molecule is Cc1ccccc1N1CC[C@@H](OCCN)C1. The van der Waals surface area contributed by atoms with E-state index >= 15 is 0 Å². The van der Waals surface area contributed by atoms with E-state index in [0.29, 0.717) is 19.3 Å². The van der Waals surface area contributed by atoms with Crippen LogP contribution in [0.2, 0.25) is 0 Å². The van der Waals surface area contributed by atoms with Crippen LogP contribution in [-0.2, 0) is 4.74 Å². The molecule has 1 aromatic carbocycles. The van der Waals surface area contributed by atoms with Gasteiger partial charge in [-0.15, -0.1) is 0 Å². The first-order valence-corrected chi connectivity index (χ1v) is 5.93. The number of para-hydroxylation sites is 1. The number of hydrogen-bond donors (Lipinski definition) is 1. The van der Waals surface area contributed by atoms with Gasteiger partial charge in [-0.25, -0.2) is 0 Å². The van der Waals surface area contributed by atoms with E-state index in [1.807, 2.05) is 0 Å². The molecule has 0 saturated carbocycles. The van der Waals surface area contributed by atoms with Crippen LogP contribution in [0.3, 0.4) is 0 Å². The van der Waals surface area contributed by atoms with Crippen LogP contribution in [0.25, 0.3) is 0 Å². The summed E-state index contributed by atoms with van der Waals surface area (Å²) in [7, 11) is 0. The molecule has 3 nitrogen and oxygen atoms in total. The number of benzene rings is 1. The van der Waals surface area contributed by atoms with Crippen molar-refractivity contribution >= 4 is 5.69 Å². The van der Waals surface area contributed by atoms with Gasteiger partial charge in [-0.3, -0.25) is 0 Å². The van der Waals surface area contributed by atoms with Gasteiger partial charge in [0, 0.05) is 25.3 Å². The van der Waals surface area contributed by atoms with Crippen LogP contribution >= 0.6 is 0 Å². The van der Waals surface area contributed by atoms with Crippen LogP contribution in [0.1, 0.15) is 12.0 Å². The molecular formula is C13H20N2O. The number of rotatable bonds is 4. The first kappa shape index (κ1) is 11.4. The van der Waals surface area contributed by atoms with Gasteiger partial charge < -0.3 is 15.4 Å². The zero-order valence-corrected chi connectivity index (χ0v) is 9.86. The van der Waals surface area contributed by atoms with Crippen molar-refractivity contribution in [2.45, 2.75) is 19.4 Å². The summed E-state index contributed by atoms with van der Waals surface area (Å²) in [6.07, 6.45) is 1.46. The molecule has 0 bridgehead atoms. The first-order chi connectivity index (χ1) is 7.81. The number of anilines is 1. The molecule has 1 saturated heterocycles. The van der Waals surface area contributed by atoms with Gasteiger partial charge in [0.05, 0.1) is 12.7 Å². The Hall–Kier alpha value is -1.06. The Labute approximate surface area is 97.2 Å². The van der Waals surface area contributed by atoms with Crippen molar-refractivity contribution in [1.82, 2.24) is 0 Å². The highest BCUT2D eigenvalue weighted by atomic mass is 16.5. The molecule has 0 aromatic heterocycles. The average Bonchev–Trinajstić information content (AvgIpc) is 2.75. The number of nitrogens with zero attached hydrogens (tertiary/aromatic N) is 1. The maximum Gasteiger partial charge on any atom is 0.0767 e. The molecule has 1 aromatic rings. The van der Waals surface area contributed by atoms with Crippen molar-refractivity contribution in [3.05, 3.63) is 29.8 Å².